The summed E-state index contributed by atoms with van der Waals surface area (Å²) in [5.41, 5.74) is 0. The van der Waals surface area contributed by atoms with E-state index in [1.807, 2.05) is 0 Å². The highest BCUT2D eigenvalue weighted by atomic mass is 19.1. The maximum atomic E-state index is 11.9. The molecule has 0 unspecified atom stereocenters. The standard InChI is InChI=1S/C6H10FNO2/c7-3-5-1-2-8(4-5)6(9)10/h5H,1-4H2,(H,9,10)/t5-/m1/s1. The fourth-order valence-electron chi connectivity index (χ4n) is 1.13. The average Bonchev–Trinajstić information content (AvgIpc) is 2.34. The van der Waals surface area contributed by atoms with Crippen LogP contribution in [0.4, 0.5) is 9.18 Å². The largest absolute Gasteiger partial charge is 0.465 e. The highest BCUT2D eigenvalue weighted by Gasteiger charge is 2.25. The minimum Gasteiger partial charge on any atom is -0.465 e. The number of hydrogen-bond donors (Lipinski definition) is 1. The summed E-state index contributed by atoms with van der Waals surface area (Å²) in [5, 5.41) is 8.43. The lowest BCUT2D eigenvalue weighted by atomic mass is 10.1. The Bertz CT molecular complexity index is 140. The van der Waals surface area contributed by atoms with Crippen LogP contribution in [0.2, 0.25) is 0 Å². The Labute approximate surface area is 58.4 Å². The van der Waals surface area contributed by atoms with Crippen LogP contribution in [0.25, 0.3) is 0 Å². The fourth-order valence-corrected chi connectivity index (χ4v) is 1.13. The molecule has 0 spiro atoms. The zero-order valence-corrected chi connectivity index (χ0v) is 5.59. The predicted molar refractivity (Wildman–Crippen MR) is 33.7 cm³/mol. The van der Waals surface area contributed by atoms with Crippen molar-refractivity contribution in [2.24, 2.45) is 5.92 Å². The first-order valence-electron chi connectivity index (χ1n) is 3.28. The van der Waals surface area contributed by atoms with E-state index in [2.05, 4.69) is 0 Å². The molecule has 1 aliphatic heterocycles. The van der Waals surface area contributed by atoms with Crippen LogP contribution in [0.1, 0.15) is 6.42 Å². The van der Waals surface area contributed by atoms with E-state index in [0.29, 0.717) is 19.5 Å². The number of nitrogens with zero attached hydrogens (tertiary/aromatic N) is 1. The maximum absolute atomic E-state index is 11.9. The first-order valence-corrected chi connectivity index (χ1v) is 3.28. The number of amides is 1. The van der Waals surface area contributed by atoms with E-state index in [9.17, 15) is 9.18 Å². The molecule has 1 fully saturated rings. The van der Waals surface area contributed by atoms with Gasteiger partial charge in [0.05, 0.1) is 6.67 Å². The first-order chi connectivity index (χ1) is 4.74. The summed E-state index contributed by atoms with van der Waals surface area (Å²) in [4.78, 5) is 11.5. The molecule has 4 heteroatoms. The summed E-state index contributed by atoms with van der Waals surface area (Å²) >= 11 is 0. The maximum Gasteiger partial charge on any atom is 0.407 e. The van der Waals surface area contributed by atoms with Crippen molar-refractivity contribution in [2.45, 2.75) is 6.42 Å². The number of carboxylic acid groups (broad SMARTS) is 1. The van der Waals surface area contributed by atoms with Crippen molar-refractivity contribution in [2.75, 3.05) is 19.8 Å². The zero-order chi connectivity index (χ0) is 7.56. The number of alkyl halides is 1. The van der Waals surface area contributed by atoms with E-state index < -0.39 is 12.8 Å². The predicted octanol–water partition coefficient (Wildman–Crippen LogP) is 0.956. The van der Waals surface area contributed by atoms with Gasteiger partial charge in [-0.2, -0.15) is 0 Å². The molecule has 1 aliphatic rings. The minimum atomic E-state index is -0.934. The minimum absolute atomic E-state index is 0.0592. The molecule has 0 saturated carbocycles. The second kappa shape index (κ2) is 2.86. The fraction of sp³-hybridized carbons (Fsp3) is 0.833. The normalized spacial score (nSPS) is 25.3. The van der Waals surface area contributed by atoms with E-state index in [0.717, 1.165) is 0 Å². The topological polar surface area (TPSA) is 40.5 Å². The Balaban J connectivity index is 2.35. The van der Waals surface area contributed by atoms with E-state index in [-0.39, 0.29) is 5.92 Å². The van der Waals surface area contributed by atoms with Gasteiger partial charge in [-0.25, -0.2) is 4.79 Å². The molecule has 3 nitrogen and oxygen atoms in total. The lowest BCUT2D eigenvalue weighted by Crippen LogP contribution is -2.26. The van der Waals surface area contributed by atoms with Crippen molar-refractivity contribution in [3.63, 3.8) is 0 Å². The molecule has 0 aliphatic carbocycles. The van der Waals surface area contributed by atoms with E-state index in [4.69, 9.17) is 5.11 Å². The Kier molecular flexibility index (Phi) is 2.09. The average molecular weight is 147 g/mol. The number of carbonyl (C=O) groups is 1. The van der Waals surface area contributed by atoms with Crippen LogP contribution in [-0.2, 0) is 0 Å². The Morgan fingerprint density at radius 3 is 2.80 bits per heavy atom. The molecule has 1 amide bonds. The molecule has 0 aromatic rings. The van der Waals surface area contributed by atoms with Gasteiger partial charge in [-0.15, -0.1) is 0 Å². The van der Waals surface area contributed by atoms with Crippen LogP contribution in [0.5, 0.6) is 0 Å². The number of hydrogen-bond acceptors (Lipinski definition) is 1. The van der Waals surface area contributed by atoms with Gasteiger partial charge in [0, 0.05) is 19.0 Å². The molecule has 1 atom stereocenters. The molecule has 1 rings (SSSR count). The molecule has 1 N–H and O–H groups in total. The van der Waals surface area contributed by atoms with E-state index in [1.54, 1.807) is 0 Å². The first kappa shape index (κ1) is 7.31. The van der Waals surface area contributed by atoms with Gasteiger partial charge in [-0.3, -0.25) is 4.39 Å². The Morgan fingerprint density at radius 2 is 2.50 bits per heavy atom. The van der Waals surface area contributed by atoms with E-state index >= 15 is 0 Å². The van der Waals surface area contributed by atoms with Gasteiger partial charge >= 0.3 is 6.09 Å². The summed E-state index contributed by atoms with van der Waals surface area (Å²) in [5.74, 6) is -0.0592. The molecule has 58 valence electrons. The molecular formula is C6H10FNO2. The van der Waals surface area contributed by atoms with Crippen LogP contribution in [0, 0.1) is 5.92 Å². The molecule has 0 aromatic heterocycles. The highest BCUT2D eigenvalue weighted by Crippen LogP contribution is 2.15. The summed E-state index contributed by atoms with van der Waals surface area (Å²) in [6.45, 7) is 0.458. The van der Waals surface area contributed by atoms with Crippen LogP contribution in [0.15, 0.2) is 0 Å². The van der Waals surface area contributed by atoms with Crippen molar-refractivity contribution >= 4 is 6.09 Å². The van der Waals surface area contributed by atoms with Crippen LogP contribution < -0.4 is 0 Å². The van der Waals surface area contributed by atoms with Crippen molar-refractivity contribution < 1.29 is 14.3 Å². The van der Waals surface area contributed by atoms with E-state index in [1.165, 1.54) is 4.90 Å². The summed E-state index contributed by atoms with van der Waals surface area (Å²) in [6.07, 6.45) is -0.265. The molecule has 0 bridgehead atoms. The quantitative estimate of drug-likeness (QED) is 0.600. The van der Waals surface area contributed by atoms with Crippen molar-refractivity contribution in [1.29, 1.82) is 0 Å². The van der Waals surface area contributed by atoms with Gasteiger partial charge in [0.15, 0.2) is 0 Å². The lowest BCUT2D eigenvalue weighted by Gasteiger charge is -2.09. The summed E-state index contributed by atoms with van der Waals surface area (Å²) in [7, 11) is 0. The SMILES string of the molecule is O=C(O)N1CC[C@H](CF)C1. The van der Waals surface area contributed by atoms with Gasteiger partial charge < -0.3 is 10.0 Å². The highest BCUT2D eigenvalue weighted by molar-refractivity contribution is 5.65. The molecule has 1 saturated heterocycles. The number of rotatable bonds is 1. The van der Waals surface area contributed by atoms with Gasteiger partial charge in [-0.05, 0) is 6.42 Å². The van der Waals surface area contributed by atoms with Crippen molar-refractivity contribution in [3.8, 4) is 0 Å². The monoisotopic (exact) mass is 147 g/mol. The van der Waals surface area contributed by atoms with Gasteiger partial charge in [0.1, 0.15) is 0 Å². The third-order valence-electron chi connectivity index (χ3n) is 1.77. The molecule has 1 heterocycles. The smallest absolute Gasteiger partial charge is 0.407 e. The van der Waals surface area contributed by atoms with Gasteiger partial charge in [0.25, 0.3) is 0 Å². The second-order valence-electron chi connectivity index (χ2n) is 2.54. The van der Waals surface area contributed by atoms with Crippen LogP contribution in [0.3, 0.4) is 0 Å². The van der Waals surface area contributed by atoms with Gasteiger partial charge in [0.2, 0.25) is 0 Å². The number of halogens is 1. The molecular weight excluding hydrogens is 137 g/mol. The molecule has 10 heavy (non-hydrogen) atoms. The Hall–Kier alpha value is -0.800. The second-order valence-corrected chi connectivity index (χ2v) is 2.54. The third kappa shape index (κ3) is 1.37. The van der Waals surface area contributed by atoms with Crippen molar-refractivity contribution in [3.05, 3.63) is 0 Å². The third-order valence-corrected chi connectivity index (χ3v) is 1.77. The van der Waals surface area contributed by atoms with Crippen LogP contribution in [-0.4, -0.2) is 35.9 Å². The molecule has 0 radical (unpaired) electrons. The summed E-state index contributed by atoms with van der Waals surface area (Å²) < 4.78 is 11.9. The van der Waals surface area contributed by atoms with Gasteiger partial charge in [-0.1, -0.05) is 0 Å². The summed E-state index contributed by atoms with van der Waals surface area (Å²) in [6, 6.07) is 0. The number of likely N-dealkylation sites (tertiary alicyclic amines) is 1. The lowest BCUT2D eigenvalue weighted by molar-refractivity contribution is 0.153. The molecule has 0 aromatic carbocycles. The Morgan fingerprint density at radius 1 is 1.80 bits per heavy atom. The zero-order valence-electron chi connectivity index (χ0n) is 5.59. The van der Waals surface area contributed by atoms with Crippen molar-refractivity contribution in [1.82, 2.24) is 4.90 Å². The van der Waals surface area contributed by atoms with Crippen LogP contribution >= 0.6 is 0 Å².